The third kappa shape index (κ3) is 4.04. The molecule has 4 nitrogen and oxygen atoms in total. The predicted molar refractivity (Wildman–Crippen MR) is 77.3 cm³/mol. The van der Waals surface area contributed by atoms with Crippen molar-refractivity contribution in [2.24, 2.45) is 5.73 Å². The van der Waals surface area contributed by atoms with Crippen molar-refractivity contribution >= 4 is 5.84 Å². The van der Waals surface area contributed by atoms with Gasteiger partial charge in [-0.15, -0.1) is 0 Å². The van der Waals surface area contributed by atoms with Crippen LogP contribution in [0.1, 0.15) is 30.9 Å². The molecule has 19 heavy (non-hydrogen) atoms. The Bertz CT molecular complexity index is 403. The fourth-order valence-electron chi connectivity index (χ4n) is 2.51. The van der Waals surface area contributed by atoms with Crippen LogP contribution in [0.4, 0.5) is 0 Å². The average molecular weight is 261 g/mol. The van der Waals surface area contributed by atoms with Gasteiger partial charge in [-0.3, -0.25) is 10.3 Å². The van der Waals surface area contributed by atoms with E-state index in [1.807, 2.05) is 18.2 Å². The largest absolute Gasteiger partial charge is 0.388 e. The van der Waals surface area contributed by atoms with Gasteiger partial charge in [-0.1, -0.05) is 30.3 Å². The Hall–Kier alpha value is -1.39. The Morgan fingerprint density at radius 3 is 2.63 bits per heavy atom. The lowest BCUT2D eigenvalue weighted by molar-refractivity contribution is 0.115. The van der Waals surface area contributed by atoms with Crippen LogP contribution in [0.3, 0.4) is 0 Å². The van der Waals surface area contributed by atoms with E-state index in [2.05, 4.69) is 17.0 Å². The SMILES string of the molecule is COCCN(C1CC1)C(CC(=N)N)c1ccccc1. The molecule has 1 aliphatic carbocycles. The molecule has 3 N–H and O–H groups in total. The molecule has 0 radical (unpaired) electrons. The van der Waals surface area contributed by atoms with E-state index in [-0.39, 0.29) is 11.9 Å². The smallest absolute Gasteiger partial charge is 0.0924 e. The first kappa shape index (κ1) is 14.0. The molecule has 0 aliphatic heterocycles. The summed E-state index contributed by atoms with van der Waals surface area (Å²) in [6.07, 6.45) is 3.07. The fourth-order valence-corrected chi connectivity index (χ4v) is 2.51. The summed E-state index contributed by atoms with van der Waals surface area (Å²) >= 11 is 0. The molecule has 104 valence electrons. The number of ether oxygens (including phenoxy) is 1. The van der Waals surface area contributed by atoms with Gasteiger partial charge in [0.25, 0.3) is 0 Å². The van der Waals surface area contributed by atoms with Gasteiger partial charge in [0.15, 0.2) is 0 Å². The minimum absolute atomic E-state index is 0.196. The fraction of sp³-hybridized carbons (Fsp3) is 0.533. The van der Waals surface area contributed by atoms with Crippen molar-refractivity contribution in [1.82, 2.24) is 4.90 Å². The van der Waals surface area contributed by atoms with E-state index < -0.39 is 0 Å². The van der Waals surface area contributed by atoms with E-state index in [0.29, 0.717) is 12.5 Å². The summed E-state index contributed by atoms with van der Waals surface area (Å²) in [5, 5.41) is 7.63. The van der Waals surface area contributed by atoms with Crippen LogP contribution in [0.15, 0.2) is 30.3 Å². The molecule has 4 heteroatoms. The van der Waals surface area contributed by atoms with Crippen molar-refractivity contribution in [2.75, 3.05) is 20.3 Å². The lowest BCUT2D eigenvalue weighted by Crippen LogP contribution is -2.36. The molecule has 0 amide bonds. The number of amidine groups is 1. The first-order valence-electron chi connectivity index (χ1n) is 6.85. The van der Waals surface area contributed by atoms with Gasteiger partial charge in [0.2, 0.25) is 0 Å². The average Bonchev–Trinajstić information content (AvgIpc) is 3.23. The Balaban J connectivity index is 2.16. The minimum Gasteiger partial charge on any atom is -0.388 e. The molecule has 1 atom stereocenters. The summed E-state index contributed by atoms with van der Waals surface area (Å²) in [6.45, 7) is 1.62. The molecule has 2 rings (SSSR count). The Kier molecular flexibility index (Phi) is 4.93. The van der Waals surface area contributed by atoms with Crippen molar-refractivity contribution in [2.45, 2.75) is 31.3 Å². The third-order valence-corrected chi connectivity index (χ3v) is 3.57. The third-order valence-electron chi connectivity index (χ3n) is 3.57. The molecule has 0 saturated heterocycles. The number of hydrogen-bond acceptors (Lipinski definition) is 3. The first-order valence-corrected chi connectivity index (χ1v) is 6.85. The van der Waals surface area contributed by atoms with Crippen LogP contribution in [0, 0.1) is 5.41 Å². The van der Waals surface area contributed by atoms with Crippen molar-refractivity contribution in [3.05, 3.63) is 35.9 Å². The van der Waals surface area contributed by atoms with Crippen LogP contribution in [0.25, 0.3) is 0 Å². The second-order valence-electron chi connectivity index (χ2n) is 5.12. The van der Waals surface area contributed by atoms with E-state index >= 15 is 0 Å². The van der Waals surface area contributed by atoms with Crippen molar-refractivity contribution in [3.63, 3.8) is 0 Å². The second kappa shape index (κ2) is 6.68. The zero-order valence-electron chi connectivity index (χ0n) is 11.5. The van der Waals surface area contributed by atoms with Crippen LogP contribution in [0.2, 0.25) is 0 Å². The maximum Gasteiger partial charge on any atom is 0.0924 e. The monoisotopic (exact) mass is 261 g/mol. The quantitative estimate of drug-likeness (QED) is 0.557. The van der Waals surface area contributed by atoms with E-state index in [1.54, 1.807) is 7.11 Å². The van der Waals surface area contributed by atoms with E-state index in [9.17, 15) is 0 Å². The Morgan fingerprint density at radius 1 is 1.42 bits per heavy atom. The van der Waals surface area contributed by atoms with Gasteiger partial charge in [0, 0.05) is 32.2 Å². The van der Waals surface area contributed by atoms with Crippen LogP contribution in [-0.4, -0.2) is 37.0 Å². The molecule has 0 spiro atoms. The number of nitrogens with two attached hydrogens (primary N) is 1. The summed E-state index contributed by atoms with van der Waals surface area (Å²) in [4.78, 5) is 2.44. The number of nitrogens with one attached hydrogen (secondary N) is 1. The van der Waals surface area contributed by atoms with Gasteiger partial charge in [-0.2, -0.15) is 0 Å². The molecule has 0 aromatic heterocycles. The van der Waals surface area contributed by atoms with Gasteiger partial charge in [0.05, 0.1) is 12.4 Å². The highest BCUT2D eigenvalue weighted by atomic mass is 16.5. The molecule has 1 aromatic rings. The zero-order valence-corrected chi connectivity index (χ0v) is 11.5. The Morgan fingerprint density at radius 2 is 2.11 bits per heavy atom. The van der Waals surface area contributed by atoms with Gasteiger partial charge in [-0.25, -0.2) is 0 Å². The highest BCUT2D eigenvalue weighted by molar-refractivity contribution is 5.77. The normalized spacial score (nSPS) is 16.5. The number of hydrogen-bond donors (Lipinski definition) is 2. The highest BCUT2D eigenvalue weighted by Gasteiger charge is 2.34. The number of nitrogens with zero attached hydrogens (tertiary/aromatic N) is 1. The predicted octanol–water partition coefficient (Wildman–Crippen LogP) is 2.16. The summed E-state index contributed by atoms with van der Waals surface area (Å²) in [5.74, 6) is 0.247. The van der Waals surface area contributed by atoms with Gasteiger partial charge in [0.1, 0.15) is 0 Å². The molecular weight excluding hydrogens is 238 g/mol. The van der Waals surface area contributed by atoms with Gasteiger partial charge in [-0.05, 0) is 18.4 Å². The lowest BCUT2D eigenvalue weighted by Gasteiger charge is -2.32. The van der Waals surface area contributed by atoms with Crippen LogP contribution < -0.4 is 5.73 Å². The first-order chi connectivity index (χ1) is 9.22. The standard InChI is InChI=1S/C15H23N3O/c1-19-10-9-18(13-7-8-13)14(11-15(16)17)12-5-3-2-4-6-12/h2-6,13-14H,7-11H2,1H3,(H3,16,17). The van der Waals surface area contributed by atoms with Crippen LogP contribution in [-0.2, 0) is 4.74 Å². The maximum absolute atomic E-state index is 7.63. The van der Waals surface area contributed by atoms with Crippen molar-refractivity contribution in [1.29, 1.82) is 5.41 Å². The summed E-state index contributed by atoms with van der Waals surface area (Å²) < 4.78 is 5.21. The molecule has 1 fully saturated rings. The van der Waals surface area contributed by atoms with Crippen LogP contribution >= 0.6 is 0 Å². The number of methoxy groups -OCH3 is 1. The summed E-state index contributed by atoms with van der Waals surface area (Å²) in [6, 6.07) is 11.2. The van der Waals surface area contributed by atoms with Crippen LogP contribution in [0.5, 0.6) is 0 Å². The van der Waals surface area contributed by atoms with Crippen molar-refractivity contribution in [3.8, 4) is 0 Å². The number of rotatable bonds is 8. The topological polar surface area (TPSA) is 62.3 Å². The number of benzene rings is 1. The molecule has 1 aliphatic rings. The molecule has 1 aromatic carbocycles. The molecule has 1 unspecified atom stereocenters. The highest BCUT2D eigenvalue weighted by Crippen LogP contribution is 2.35. The molecular formula is C15H23N3O. The second-order valence-corrected chi connectivity index (χ2v) is 5.12. The van der Waals surface area contributed by atoms with E-state index in [1.165, 1.54) is 18.4 Å². The zero-order chi connectivity index (χ0) is 13.7. The summed E-state index contributed by atoms with van der Waals surface area (Å²) in [7, 11) is 1.73. The van der Waals surface area contributed by atoms with E-state index in [4.69, 9.17) is 15.9 Å². The Labute approximate surface area is 115 Å². The molecule has 0 heterocycles. The molecule has 0 bridgehead atoms. The van der Waals surface area contributed by atoms with Gasteiger partial charge >= 0.3 is 0 Å². The summed E-state index contributed by atoms with van der Waals surface area (Å²) in [5.41, 5.74) is 6.88. The lowest BCUT2D eigenvalue weighted by atomic mass is 10.0. The van der Waals surface area contributed by atoms with Gasteiger partial charge < -0.3 is 10.5 Å². The minimum atomic E-state index is 0.196. The van der Waals surface area contributed by atoms with Crippen molar-refractivity contribution < 1.29 is 4.74 Å². The maximum atomic E-state index is 7.63. The molecule has 1 saturated carbocycles. The van der Waals surface area contributed by atoms with E-state index in [0.717, 1.165) is 13.2 Å².